The Balaban J connectivity index is 0.000000762. The zero-order valence-electron chi connectivity index (χ0n) is 21.0. The Labute approximate surface area is 206 Å². The van der Waals surface area contributed by atoms with E-state index in [4.69, 9.17) is 4.74 Å². The molecule has 35 heavy (non-hydrogen) atoms. The maximum absolute atomic E-state index is 13.0. The van der Waals surface area contributed by atoms with E-state index in [9.17, 15) is 17.6 Å². The molecule has 1 amide bonds. The number of alkyl carbamates (subject to hydrolysis) is 1. The lowest BCUT2D eigenvalue weighted by Gasteiger charge is -2.19. The maximum Gasteiger partial charge on any atom is 0.421 e. The van der Waals surface area contributed by atoms with Gasteiger partial charge in [0.2, 0.25) is 0 Å². The Bertz CT molecular complexity index is 1040. The maximum atomic E-state index is 13.0. The van der Waals surface area contributed by atoms with Crippen molar-refractivity contribution in [2.45, 2.75) is 52.2 Å². The van der Waals surface area contributed by atoms with E-state index in [1.165, 1.54) is 12.1 Å². The zero-order chi connectivity index (χ0) is 26.5. The Kier molecular flexibility index (Phi) is 12.5. The van der Waals surface area contributed by atoms with Gasteiger partial charge in [-0.2, -0.15) is 8.42 Å². The molecule has 0 fully saturated rings. The highest BCUT2D eigenvalue weighted by atomic mass is 32.3. The molecule has 13 heteroatoms. The summed E-state index contributed by atoms with van der Waals surface area (Å²) in [5.74, 6) is 0.422. The fraction of sp³-hybridized carbons (Fsp3) is 0.545. The lowest BCUT2D eigenvalue weighted by Crippen LogP contribution is -2.33. The van der Waals surface area contributed by atoms with Crippen molar-refractivity contribution in [1.82, 2.24) is 9.88 Å². The minimum Gasteiger partial charge on any atom is -0.444 e. The van der Waals surface area contributed by atoms with Crippen LogP contribution in [0.3, 0.4) is 0 Å². The van der Waals surface area contributed by atoms with Crippen LogP contribution in [0.5, 0.6) is 0 Å². The molecular weight excluding hydrogens is 481 g/mol. The standard InChI is InChI=1S/C20H28FN5O2.C2H6O4S/c1-20(2,3)28-19(27)22-12-6-5-7-13-26-15-14-25(4)18(26)24-23-17-10-8-16(21)9-11-17;1-5-7(3,4)6-2/h8-11,14-15H,5-7,12-13H2,1-4H3;1-2H3/p+1. The Morgan fingerprint density at radius 3 is 2.26 bits per heavy atom. The summed E-state index contributed by atoms with van der Waals surface area (Å²) in [6.45, 7) is 6.91. The molecular formula is C22H35FN5O6S+. The number of aromatic nitrogens is 2. The molecule has 0 saturated carbocycles. The number of rotatable bonds is 10. The summed E-state index contributed by atoms with van der Waals surface area (Å²) >= 11 is 0. The van der Waals surface area contributed by atoms with Gasteiger partial charge in [0.1, 0.15) is 17.1 Å². The van der Waals surface area contributed by atoms with Crippen LogP contribution in [0.15, 0.2) is 46.9 Å². The molecule has 1 aromatic heterocycles. The SMILES string of the molecule is COS(=O)(=O)OC.C[n+]1ccn(CCCCCNC(=O)OC(C)(C)C)c1N=Nc1ccc(F)cc1. The van der Waals surface area contributed by atoms with Gasteiger partial charge >= 0.3 is 22.4 Å². The Hall–Kier alpha value is -2.90. The molecule has 0 unspecified atom stereocenters. The van der Waals surface area contributed by atoms with Crippen LogP contribution in [-0.2, 0) is 37.1 Å². The number of carbonyl (C=O) groups excluding carboxylic acids is 1. The molecule has 2 aromatic rings. The predicted molar refractivity (Wildman–Crippen MR) is 127 cm³/mol. The first-order valence-corrected chi connectivity index (χ1v) is 12.3. The molecule has 0 spiro atoms. The molecule has 1 N–H and O–H groups in total. The number of halogens is 1. The van der Waals surface area contributed by atoms with Gasteiger partial charge in [0.05, 0.1) is 40.2 Å². The van der Waals surface area contributed by atoms with Gasteiger partial charge in [-0.3, -0.25) is 8.37 Å². The third kappa shape index (κ3) is 12.9. The van der Waals surface area contributed by atoms with E-state index in [0.717, 1.165) is 46.0 Å². The average molecular weight is 517 g/mol. The third-order valence-electron chi connectivity index (χ3n) is 4.28. The number of nitrogens with zero attached hydrogens (tertiary/aromatic N) is 4. The van der Waals surface area contributed by atoms with E-state index in [1.807, 2.05) is 49.3 Å². The highest BCUT2D eigenvalue weighted by Gasteiger charge is 2.16. The van der Waals surface area contributed by atoms with Crippen molar-refractivity contribution in [3.63, 3.8) is 0 Å². The monoisotopic (exact) mass is 516 g/mol. The van der Waals surface area contributed by atoms with Crippen molar-refractivity contribution in [2.75, 3.05) is 20.8 Å². The van der Waals surface area contributed by atoms with E-state index in [2.05, 4.69) is 23.9 Å². The number of aryl methyl sites for hydroxylation is 2. The fourth-order valence-electron chi connectivity index (χ4n) is 2.59. The van der Waals surface area contributed by atoms with E-state index in [0.29, 0.717) is 12.2 Å². The first kappa shape index (κ1) is 30.1. The number of ether oxygens (including phenoxy) is 1. The second kappa shape index (κ2) is 14.5. The summed E-state index contributed by atoms with van der Waals surface area (Å²) in [5, 5.41) is 11.2. The van der Waals surface area contributed by atoms with E-state index < -0.39 is 16.0 Å². The van der Waals surface area contributed by atoms with Crippen molar-refractivity contribution in [3.05, 3.63) is 42.5 Å². The van der Waals surface area contributed by atoms with Gasteiger partial charge in [0.25, 0.3) is 0 Å². The Morgan fingerprint density at radius 1 is 1.09 bits per heavy atom. The smallest absolute Gasteiger partial charge is 0.421 e. The molecule has 1 heterocycles. The topological polar surface area (TPSA) is 124 Å². The lowest BCUT2D eigenvalue weighted by atomic mass is 10.2. The van der Waals surface area contributed by atoms with Crippen LogP contribution in [0, 0.1) is 5.82 Å². The minimum absolute atomic E-state index is 0.297. The van der Waals surface area contributed by atoms with Gasteiger partial charge < -0.3 is 10.1 Å². The van der Waals surface area contributed by atoms with Gasteiger partial charge in [-0.1, -0.05) is 5.11 Å². The van der Waals surface area contributed by atoms with Crippen molar-refractivity contribution in [3.8, 4) is 0 Å². The molecule has 0 saturated heterocycles. The van der Waals surface area contributed by atoms with Gasteiger partial charge in [-0.15, -0.1) is 0 Å². The largest absolute Gasteiger partial charge is 0.444 e. The van der Waals surface area contributed by atoms with Crippen LogP contribution >= 0.6 is 0 Å². The van der Waals surface area contributed by atoms with Crippen LogP contribution in [0.25, 0.3) is 0 Å². The van der Waals surface area contributed by atoms with Crippen LogP contribution < -0.4 is 9.88 Å². The number of hydrogen-bond acceptors (Lipinski definition) is 8. The number of azo groups is 1. The summed E-state index contributed by atoms with van der Waals surface area (Å²) in [4.78, 5) is 11.6. The summed E-state index contributed by atoms with van der Waals surface area (Å²) in [6.07, 6.45) is 6.28. The van der Waals surface area contributed by atoms with Gasteiger partial charge in [0.15, 0.2) is 0 Å². The van der Waals surface area contributed by atoms with Crippen molar-refractivity contribution < 1.29 is 35.3 Å². The van der Waals surface area contributed by atoms with Crippen LogP contribution in [0.4, 0.5) is 20.8 Å². The summed E-state index contributed by atoms with van der Waals surface area (Å²) in [5.41, 5.74) is 0.120. The molecule has 2 rings (SSSR count). The zero-order valence-corrected chi connectivity index (χ0v) is 21.8. The molecule has 0 aliphatic carbocycles. The first-order valence-electron chi connectivity index (χ1n) is 10.9. The molecule has 196 valence electrons. The molecule has 11 nitrogen and oxygen atoms in total. The van der Waals surface area contributed by atoms with Gasteiger partial charge in [0, 0.05) is 11.7 Å². The quantitative estimate of drug-likeness (QED) is 0.288. The summed E-state index contributed by atoms with van der Waals surface area (Å²) in [7, 11) is 0.299. The lowest BCUT2D eigenvalue weighted by molar-refractivity contribution is -0.657. The highest BCUT2D eigenvalue weighted by Crippen LogP contribution is 2.17. The van der Waals surface area contributed by atoms with Gasteiger partial charge in [-0.25, -0.2) is 18.3 Å². The fourth-order valence-corrected chi connectivity index (χ4v) is 2.72. The molecule has 0 aliphatic heterocycles. The van der Waals surface area contributed by atoms with Gasteiger partial charge in [-0.05, 0) is 64.3 Å². The molecule has 0 radical (unpaired) electrons. The van der Waals surface area contributed by atoms with Crippen molar-refractivity contribution in [2.24, 2.45) is 17.3 Å². The molecule has 0 bridgehead atoms. The van der Waals surface area contributed by atoms with Crippen LogP contribution in [0.1, 0.15) is 40.0 Å². The molecule has 0 aliphatic rings. The van der Waals surface area contributed by atoms with E-state index in [-0.39, 0.29) is 11.9 Å². The molecule has 0 atom stereocenters. The minimum atomic E-state index is -3.66. The first-order chi connectivity index (χ1) is 16.4. The number of imidazole rings is 1. The van der Waals surface area contributed by atoms with Crippen molar-refractivity contribution >= 4 is 28.1 Å². The van der Waals surface area contributed by atoms with E-state index >= 15 is 0 Å². The number of nitrogens with one attached hydrogen (secondary N) is 1. The number of hydrogen-bond donors (Lipinski definition) is 1. The number of carbonyl (C=O) groups is 1. The highest BCUT2D eigenvalue weighted by molar-refractivity contribution is 7.81. The number of benzene rings is 1. The Morgan fingerprint density at radius 2 is 1.71 bits per heavy atom. The second-order valence-corrected chi connectivity index (χ2v) is 9.79. The molecule has 1 aromatic carbocycles. The summed E-state index contributed by atoms with van der Waals surface area (Å²) in [6, 6.07) is 5.89. The van der Waals surface area contributed by atoms with Crippen LogP contribution in [0.2, 0.25) is 0 Å². The van der Waals surface area contributed by atoms with E-state index in [1.54, 1.807) is 12.1 Å². The third-order valence-corrected chi connectivity index (χ3v) is 5.09. The number of unbranched alkanes of at least 4 members (excludes halogenated alkanes) is 2. The normalized spacial score (nSPS) is 11.7. The predicted octanol–water partition coefficient (Wildman–Crippen LogP) is 4.09. The number of amides is 1. The average Bonchev–Trinajstić information content (AvgIpc) is 3.14. The summed E-state index contributed by atoms with van der Waals surface area (Å²) < 4.78 is 49.6. The van der Waals surface area contributed by atoms with Crippen molar-refractivity contribution in [1.29, 1.82) is 0 Å². The van der Waals surface area contributed by atoms with Crippen LogP contribution in [-0.4, -0.2) is 45.4 Å². The second-order valence-electron chi connectivity index (χ2n) is 8.31.